The van der Waals surface area contributed by atoms with Crippen molar-refractivity contribution in [1.82, 2.24) is 0 Å². The lowest BCUT2D eigenvalue weighted by Gasteiger charge is -2.51. The van der Waals surface area contributed by atoms with Gasteiger partial charge in [0.2, 0.25) is 0 Å². The van der Waals surface area contributed by atoms with E-state index < -0.39 is 0 Å². The second-order valence-electron chi connectivity index (χ2n) is 21.9. The van der Waals surface area contributed by atoms with Crippen LogP contribution in [0.2, 0.25) is 0 Å². The molecule has 18 rings (SSSR count). The van der Waals surface area contributed by atoms with Gasteiger partial charge in [-0.1, -0.05) is 164 Å². The largest absolute Gasteiger partial charge is 0.458 e. The first-order valence-corrected chi connectivity index (χ1v) is 28.1. The quantitative estimate of drug-likeness (QED) is 0.154. The van der Waals surface area contributed by atoms with Gasteiger partial charge < -0.3 is 29.2 Å². The molecule has 0 aliphatic carbocycles. The normalized spacial score (nSPS) is 13.9. The van der Waals surface area contributed by atoms with Crippen LogP contribution in [0.5, 0.6) is 11.5 Å². The summed E-state index contributed by atoms with van der Waals surface area (Å²) in [6.07, 6.45) is 0. The average Bonchev–Trinajstić information content (AvgIpc) is 3.67. The van der Waals surface area contributed by atoms with Crippen LogP contribution < -0.4 is 78.4 Å². The molecule has 6 heterocycles. The highest BCUT2D eigenvalue weighted by molar-refractivity contribution is 7.05. The van der Waals surface area contributed by atoms with Crippen LogP contribution in [0.25, 0.3) is 0 Å². The third-order valence-electron chi connectivity index (χ3n) is 17.8. The molecular formula is C72H46B3N5O. The molecular weight excluding hydrogens is 983 g/mol. The highest BCUT2D eigenvalue weighted by atomic mass is 16.5. The van der Waals surface area contributed by atoms with Gasteiger partial charge in [0.25, 0.3) is 20.1 Å². The lowest BCUT2D eigenvalue weighted by atomic mass is 9.28. The molecule has 0 bridgehead atoms. The monoisotopic (exact) mass is 1030 g/mol. The zero-order chi connectivity index (χ0) is 52.9. The number of nitrogens with zero attached hydrogens (tertiary/aromatic N) is 5. The molecule has 0 saturated carbocycles. The number of hydrogen-bond donors (Lipinski definition) is 0. The number of fused-ring (bicyclic) bond motifs is 14. The Morgan fingerprint density at radius 2 is 0.617 bits per heavy atom. The number of ether oxygens (including phenoxy) is 1. The molecule has 12 aromatic carbocycles. The molecule has 12 aromatic rings. The molecule has 0 amide bonds. The van der Waals surface area contributed by atoms with Crippen LogP contribution in [-0.4, -0.2) is 20.1 Å². The molecule has 0 aromatic heterocycles. The van der Waals surface area contributed by atoms with Crippen LogP contribution in [0.4, 0.5) is 85.3 Å². The average molecular weight is 1030 g/mol. The Balaban J connectivity index is 0.934. The van der Waals surface area contributed by atoms with E-state index in [4.69, 9.17) is 4.74 Å². The van der Waals surface area contributed by atoms with Gasteiger partial charge in [0, 0.05) is 85.7 Å². The van der Waals surface area contributed by atoms with Crippen molar-refractivity contribution in [2.45, 2.75) is 0 Å². The van der Waals surface area contributed by atoms with E-state index in [2.05, 4.69) is 304 Å². The van der Waals surface area contributed by atoms with Crippen molar-refractivity contribution in [3.8, 4) is 11.5 Å². The molecule has 0 unspecified atom stereocenters. The van der Waals surface area contributed by atoms with E-state index >= 15 is 0 Å². The van der Waals surface area contributed by atoms with Gasteiger partial charge in [0.05, 0.1) is 5.69 Å². The SMILES string of the molecule is c1ccc(N(c2ccccc2)c2cc3c4c(c2)N(c2ccccc2)c2ccccc2B4c2cc4c(cc2O3)B2c3ccccc3N3c5ccccc5B5c6ccccc6N(c6ccccc6)c6cc(c2c3c65)N4c2ccccc2)cc1. The molecule has 6 aliphatic heterocycles. The molecule has 0 spiro atoms. The van der Waals surface area contributed by atoms with E-state index in [1.165, 1.54) is 72.4 Å². The zero-order valence-electron chi connectivity index (χ0n) is 43.9. The van der Waals surface area contributed by atoms with E-state index in [1.54, 1.807) is 0 Å². The summed E-state index contributed by atoms with van der Waals surface area (Å²) in [4.78, 5) is 12.5. The number of benzene rings is 12. The Hall–Kier alpha value is -10.4. The Labute approximate surface area is 471 Å². The van der Waals surface area contributed by atoms with Gasteiger partial charge in [0.15, 0.2) is 0 Å². The summed E-state index contributed by atoms with van der Waals surface area (Å²) >= 11 is 0. The topological polar surface area (TPSA) is 25.4 Å². The number of hydrogen-bond acceptors (Lipinski definition) is 6. The van der Waals surface area contributed by atoms with Gasteiger partial charge in [-0.25, -0.2) is 0 Å². The summed E-state index contributed by atoms with van der Waals surface area (Å²) in [6.45, 7) is -0.287. The molecule has 0 saturated heterocycles. The molecule has 6 nitrogen and oxygen atoms in total. The van der Waals surface area contributed by atoms with Crippen LogP contribution >= 0.6 is 0 Å². The summed E-state index contributed by atoms with van der Waals surface area (Å²) in [5, 5.41) is 0. The molecule has 0 radical (unpaired) electrons. The zero-order valence-corrected chi connectivity index (χ0v) is 43.9. The van der Waals surface area contributed by atoms with E-state index in [9.17, 15) is 0 Å². The van der Waals surface area contributed by atoms with Crippen molar-refractivity contribution in [1.29, 1.82) is 0 Å². The Bertz CT molecular complexity index is 4520. The first kappa shape index (κ1) is 44.6. The number of rotatable bonds is 6. The van der Waals surface area contributed by atoms with Gasteiger partial charge in [-0.2, -0.15) is 0 Å². The second-order valence-corrected chi connectivity index (χ2v) is 21.9. The fourth-order valence-corrected chi connectivity index (χ4v) is 14.7. The second kappa shape index (κ2) is 17.1. The Kier molecular flexibility index (Phi) is 9.40. The van der Waals surface area contributed by atoms with Crippen molar-refractivity contribution in [3.05, 3.63) is 279 Å². The highest BCUT2D eigenvalue weighted by Gasteiger charge is 2.53. The molecule has 9 heteroatoms. The Morgan fingerprint density at radius 3 is 1.09 bits per heavy atom. The third kappa shape index (κ3) is 6.26. The molecule has 0 N–H and O–H groups in total. The molecule has 0 atom stereocenters. The minimum atomic E-state index is -0.156. The molecule has 0 fully saturated rings. The van der Waals surface area contributed by atoms with E-state index in [1.807, 2.05) is 0 Å². The molecule has 81 heavy (non-hydrogen) atoms. The summed E-state index contributed by atoms with van der Waals surface area (Å²) < 4.78 is 7.71. The predicted octanol–water partition coefficient (Wildman–Crippen LogP) is 12.3. The maximum absolute atomic E-state index is 7.71. The van der Waals surface area contributed by atoms with E-state index in [-0.39, 0.29) is 20.1 Å². The fraction of sp³-hybridized carbons (Fsp3) is 0. The maximum Gasteiger partial charge on any atom is 0.256 e. The predicted molar refractivity (Wildman–Crippen MR) is 340 cm³/mol. The van der Waals surface area contributed by atoms with Gasteiger partial charge in [-0.3, -0.25) is 0 Å². The highest BCUT2D eigenvalue weighted by Crippen LogP contribution is 2.51. The lowest BCUT2D eigenvalue weighted by molar-refractivity contribution is 0.488. The van der Waals surface area contributed by atoms with Gasteiger partial charge in [-0.05, 0) is 158 Å². The van der Waals surface area contributed by atoms with Gasteiger partial charge in [-0.15, -0.1) is 0 Å². The van der Waals surface area contributed by atoms with Crippen LogP contribution in [0.3, 0.4) is 0 Å². The van der Waals surface area contributed by atoms with Crippen LogP contribution in [0.15, 0.2) is 279 Å². The standard InChI is InChI=1S/C72H46B3N5O/c1-6-24-47(25-7-1)76(48-26-8-2-9-27-48)52-42-64-69-68(43-52)81-67-45-57-63(44-58(67)75(69)54-35-17-21-39-60(54)77(64)49-28-10-3-11-29-49)79(51-32-14-5-15-33-51)66-46-65-70-72-71(66)74(57)56-37-19-23-41-62(56)80(72)61-40-22-18-36-55(61)73(70)53-34-16-20-38-59(53)78(65)50-30-12-4-13-31-50/h1-46H. The fourth-order valence-electron chi connectivity index (χ4n) is 14.7. The maximum atomic E-state index is 7.71. The van der Waals surface area contributed by atoms with Crippen molar-refractivity contribution in [2.75, 3.05) is 24.5 Å². The summed E-state index contributed by atoms with van der Waals surface area (Å²) in [5.74, 6) is 1.72. The van der Waals surface area contributed by atoms with Crippen LogP contribution in [-0.2, 0) is 0 Å². The number of para-hydroxylation sites is 9. The van der Waals surface area contributed by atoms with Gasteiger partial charge >= 0.3 is 0 Å². The minimum Gasteiger partial charge on any atom is -0.458 e. The molecule has 374 valence electrons. The summed E-state index contributed by atoms with van der Waals surface area (Å²) in [6, 6.07) is 103. The number of anilines is 15. The Morgan fingerprint density at radius 1 is 0.247 bits per heavy atom. The smallest absolute Gasteiger partial charge is 0.256 e. The first-order valence-electron chi connectivity index (χ1n) is 28.1. The van der Waals surface area contributed by atoms with Crippen LogP contribution in [0, 0.1) is 0 Å². The van der Waals surface area contributed by atoms with Crippen LogP contribution in [0.1, 0.15) is 0 Å². The first-order chi connectivity index (χ1) is 40.2. The van der Waals surface area contributed by atoms with Crippen molar-refractivity contribution in [2.24, 2.45) is 0 Å². The van der Waals surface area contributed by atoms with Crippen molar-refractivity contribution in [3.63, 3.8) is 0 Å². The van der Waals surface area contributed by atoms with E-state index in [0.29, 0.717) is 0 Å². The summed E-state index contributed by atoms with van der Waals surface area (Å²) in [7, 11) is 0. The van der Waals surface area contributed by atoms with Crippen molar-refractivity contribution < 1.29 is 4.74 Å². The lowest BCUT2D eigenvalue weighted by Crippen LogP contribution is -2.69. The minimum absolute atomic E-state index is 0.00122. The summed E-state index contributed by atoms with van der Waals surface area (Å²) in [5.41, 5.74) is 28.4. The third-order valence-corrected chi connectivity index (χ3v) is 17.8. The molecule has 6 aliphatic rings. The van der Waals surface area contributed by atoms with E-state index in [0.717, 1.165) is 73.6 Å². The van der Waals surface area contributed by atoms with Crippen molar-refractivity contribution >= 4 is 155 Å². The van der Waals surface area contributed by atoms with Gasteiger partial charge in [0.1, 0.15) is 11.5 Å².